The molecule has 0 fully saturated rings. The molecule has 9 rings (SSSR count). The summed E-state index contributed by atoms with van der Waals surface area (Å²) < 4.78 is 11.0. The van der Waals surface area contributed by atoms with E-state index in [1.807, 2.05) is 60.7 Å². The summed E-state index contributed by atoms with van der Waals surface area (Å²) >= 11 is 16.9. The summed E-state index contributed by atoms with van der Waals surface area (Å²) in [6.07, 6.45) is 4.70. The number of anilines is 3. The predicted molar refractivity (Wildman–Crippen MR) is 303 cm³/mol. The molecular formula is C56H52Br4IN3O3. The van der Waals surface area contributed by atoms with Crippen LogP contribution in [-0.2, 0) is 11.8 Å². The fraction of sp³-hybridized carbons (Fsp3) is 0.214. The van der Waals surface area contributed by atoms with Gasteiger partial charge in [0.05, 0.1) is 7.11 Å². The Hall–Kier alpha value is -4.27. The van der Waals surface area contributed by atoms with Gasteiger partial charge in [0.15, 0.2) is 0 Å². The zero-order valence-corrected chi connectivity index (χ0v) is 46.4. The molecule has 2 aliphatic rings. The molecule has 11 heteroatoms. The Morgan fingerprint density at radius 2 is 0.866 bits per heavy atom. The first-order valence-corrected chi connectivity index (χ1v) is 26.7. The number of rotatable bonds is 14. The van der Waals surface area contributed by atoms with Crippen LogP contribution in [0, 0.1) is 0 Å². The molecule has 0 saturated heterocycles. The van der Waals surface area contributed by atoms with E-state index in [0.717, 1.165) is 96.5 Å². The number of carbonyl (C=O) groups excluding carboxylic acids is 2. The third-order valence-electron chi connectivity index (χ3n) is 12.7. The van der Waals surface area contributed by atoms with Crippen molar-refractivity contribution in [1.82, 2.24) is 0 Å². The highest BCUT2D eigenvalue weighted by atomic mass is 127. The lowest BCUT2D eigenvalue weighted by Crippen LogP contribution is -2.35. The summed E-state index contributed by atoms with van der Waals surface area (Å²) in [5, 5.41) is 0. The minimum absolute atomic E-state index is 0.171. The minimum atomic E-state index is -0.171. The molecule has 0 amide bonds. The van der Waals surface area contributed by atoms with Gasteiger partial charge in [-0.15, -0.1) is 0 Å². The first-order chi connectivity index (χ1) is 32.4. The van der Waals surface area contributed by atoms with Crippen LogP contribution in [-0.4, -0.2) is 64.9 Å². The lowest BCUT2D eigenvalue weighted by molar-refractivity contribution is 0.111. The molecule has 0 heterocycles. The molecule has 2 aliphatic carbocycles. The van der Waals surface area contributed by atoms with Crippen molar-refractivity contribution in [2.24, 2.45) is 0 Å². The van der Waals surface area contributed by atoms with E-state index in [9.17, 15) is 9.59 Å². The third-order valence-corrected chi connectivity index (χ3v) is 15.2. The molecule has 6 nitrogen and oxygen atoms in total. The number of ether oxygens (including phenoxy) is 1. The van der Waals surface area contributed by atoms with Crippen molar-refractivity contribution in [3.8, 4) is 28.0 Å². The maximum absolute atomic E-state index is 11.1. The van der Waals surface area contributed by atoms with Crippen molar-refractivity contribution in [2.45, 2.75) is 24.7 Å². The van der Waals surface area contributed by atoms with Gasteiger partial charge in [-0.3, -0.25) is 9.59 Å². The number of fused-ring (bicyclic) bond motifs is 6. The Morgan fingerprint density at radius 3 is 1.24 bits per heavy atom. The predicted octanol–water partition coefficient (Wildman–Crippen LogP) is 15.5. The standard InChI is InChI=1S/C33H32Br2N2O2.C13H8Br2.C10H12INO/c1-36(26-8-4-23(22-38)5-9-26)18-16-33(17-19-37(2)27-10-12-28(39-3)13-11-27)31-20-24(34)6-14-29(31)30-15-7-25(35)21-32(30)33;14-10-1-3-12-8(6-10)5-9-7-11(15)2-4-13(9)12;1-12(7-6-11)10-4-2-9(8-13)3-5-10/h4-15,20-22H,16-19H2,1-3H3;1-4,6-7H,5H2;2-5,8H,6-7H2,1H3. The average molecular weight is 1260 g/mol. The van der Waals surface area contributed by atoms with Crippen molar-refractivity contribution < 1.29 is 14.3 Å². The highest BCUT2D eigenvalue weighted by molar-refractivity contribution is 14.1. The summed E-state index contributed by atoms with van der Waals surface area (Å²) in [7, 11) is 8.04. The number of halogens is 5. The van der Waals surface area contributed by atoms with Crippen molar-refractivity contribution in [2.75, 3.05) is 67.0 Å². The van der Waals surface area contributed by atoms with Crippen molar-refractivity contribution in [3.63, 3.8) is 0 Å². The number of methoxy groups -OCH3 is 1. The number of carbonyl (C=O) groups is 2. The second kappa shape index (κ2) is 23.4. The smallest absolute Gasteiger partial charge is 0.150 e. The van der Waals surface area contributed by atoms with Gasteiger partial charge >= 0.3 is 0 Å². The van der Waals surface area contributed by atoms with Crippen LogP contribution in [0.2, 0.25) is 0 Å². The highest BCUT2D eigenvalue weighted by Crippen LogP contribution is 2.54. The SMILES string of the molecule is Brc1ccc2c(c1)Cc1cc(Br)ccc1-2.CN(CCI)c1ccc(C=O)cc1.COc1ccc(N(C)CCC2(CCN(C)c3ccc(C=O)cc3)c3cc(Br)ccc3-c3ccc(Br)cc32)cc1. The molecule has 0 radical (unpaired) electrons. The second-order valence-corrected chi connectivity index (χ2v) is 21.6. The molecule has 7 aromatic carbocycles. The van der Waals surface area contributed by atoms with Gasteiger partial charge in [-0.1, -0.05) is 111 Å². The summed E-state index contributed by atoms with van der Waals surface area (Å²) in [6.45, 7) is 2.79. The van der Waals surface area contributed by atoms with Crippen LogP contribution in [0.5, 0.6) is 5.75 Å². The number of hydrogen-bond acceptors (Lipinski definition) is 6. The van der Waals surface area contributed by atoms with E-state index in [1.165, 1.54) is 50.2 Å². The molecule has 0 spiro atoms. The van der Waals surface area contributed by atoms with Crippen LogP contribution in [0.4, 0.5) is 17.1 Å². The van der Waals surface area contributed by atoms with E-state index in [-0.39, 0.29) is 5.41 Å². The Morgan fingerprint density at radius 1 is 0.507 bits per heavy atom. The van der Waals surface area contributed by atoms with Crippen LogP contribution in [0.25, 0.3) is 22.3 Å². The number of nitrogens with zero attached hydrogens (tertiary/aromatic N) is 3. The van der Waals surface area contributed by atoms with Crippen molar-refractivity contribution >= 4 is 116 Å². The molecule has 7 aromatic rings. The quantitative estimate of drug-likeness (QED) is 0.0614. The van der Waals surface area contributed by atoms with Gasteiger partial charge in [0.1, 0.15) is 18.3 Å². The van der Waals surface area contributed by atoms with Gasteiger partial charge < -0.3 is 19.4 Å². The molecule has 0 aromatic heterocycles. The Kier molecular flexibility index (Phi) is 17.6. The average Bonchev–Trinajstić information content (AvgIpc) is 3.83. The zero-order valence-electron chi connectivity index (χ0n) is 37.9. The molecule has 0 N–H and O–H groups in total. The molecule has 0 unspecified atom stereocenters. The maximum Gasteiger partial charge on any atom is 0.150 e. The topological polar surface area (TPSA) is 53.1 Å². The molecule has 0 atom stereocenters. The lowest BCUT2D eigenvalue weighted by atomic mass is 9.72. The fourth-order valence-corrected chi connectivity index (χ4v) is 11.2. The van der Waals surface area contributed by atoms with Crippen LogP contribution in [0.3, 0.4) is 0 Å². The second-order valence-electron chi connectivity index (χ2n) is 16.8. The first-order valence-electron chi connectivity index (χ1n) is 22.0. The van der Waals surface area contributed by atoms with Gasteiger partial charge in [0.25, 0.3) is 0 Å². The van der Waals surface area contributed by atoms with E-state index in [4.69, 9.17) is 4.74 Å². The van der Waals surface area contributed by atoms with Crippen molar-refractivity contribution in [1.29, 1.82) is 0 Å². The van der Waals surface area contributed by atoms with Gasteiger partial charge in [-0.25, -0.2) is 0 Å². The highest BCUT2D eigenvalue weighted by Gasteiger charge is 2.43. The van der Waals surface area contributed by atoms with E-state index in [2.05, 4.69) is 207 Å². The number of hydrogen-bond donors (Lipinski definition) is 0. The van der Waals surface area contributed by atoms with Gasteiger partial charge in [0.2, 0.25) is 0 Å². The van der Waals surface area contributed by atoms with Crippen LogP contribution in [0.15, 0.2) is 163 Å². The van der Waals surface area contributed by atoms with E-state index < -0.39 is 0 Å². The lowest BCUT2D eigenvalue weighted by Gasteiger charge is -2.36. The molecule has 0 bridgehead atoms. The summed E-state index contributed by atoms with van der Waals surface area (Å²) in [5.41, 5.74) is 15.6. The van der Waals surface area contributed by atoms with Crippen LogP contribution >= 0.6 is 86.3 Å². The monoisotopic (exact) mass is 1260 g/mol. The summed E-state index contributed by atoms with van der Waals surface area (Å²) in [6, 6.07) is 50.1. The zero-order chi connectivity index (χ0) is 47.7. The molecule has 344 valence electrons. The molecule has 67 heavy (non-hydrogen) atoms. The number of benzene rings is 7. The first kappa shape index (κ1) is 50.6. The molecule has 0 aliphatic heterocycles. The number of aldehydes is 2. The van der Waals surface area contributed by atoms with E-state index in [1.54, 1.807) is 7.11 Å². The minimum Gasteiger partial charge on any atom is -0.497 e. The van der Waals surface area contributed by atoms with E-state index in [0.29, 0.717) is 5.56 Å². The van der Waals surface area contributed by atoms with Gasteiger partial charge in [-0.05, 0) is 185 Å². The fourth-order valence-electron chi connectivity index (χ4n) is 8.93. The Labute approximate surface area is 442 Å². The normalized spacial score (nSPS) is 12.2. The third kappa shape index (κ3) is 12.1. The largest absolute Gasteiger partial charge is 0.497 e. The van der Waals surface area contributed by atoms with Gasteiger partial charge in [0, 0.05) is 96.7 Å². The molecular weight excluding hydrogens is 1210 g/mol. The Balaban J connectivity index is 0.000000192. The Bertz CT molecular complexity index is 2720. The number of alkyl halides is 1. The van der Waals surface area contributed by atoms with E-state index >= 15 is 0 Å². The van der Waals surface area contributed by atoms with Crippen molar-refractivity contribution in [3.05, 3.63) is 197 Å². The van der Waals surface area contributed by atoms with Gasteiger partial charge in [-0.2, -0.15) is 0 Å². The summed E-state index contributed by atoms with van der Waals surface area (Å²) in [5.74, 6) is 0.862. The maximum atomic E-state index is 11.1. The molecule has 0 saturated carbocycles. The van der Waals surface area contributed by atoms with Crippen LogP contribution in [0.1, 0.15) is 55.8 Å². The van der Waals surface area contributed by atoms with Crippen LogP contribution < -0.4 is 19.4 Å². The summed E-state index contributed by atoms with van der Waals surface area (Å²) in [4.78, 5) is 28.3.